The Hall–Kier alpha value is -1.81. The van der Waals surface area contributed by atoms with E-state index in [2.05, 4.69) is 21.8 Å². The van der Waals surface area contributed by atoms with Crippen LogP contribution in [0.4, 0.5) is 5.69 Å². The van der Waals surface area contributed by atoms with Gasteiger partial charge in [0.25, 0.3) is 0 Å². The van der Waals surface area contributed by atoms with Gasteiger partial charge in [-0.3, -0.25) is 5.43 Å². The lowest BCUT2D eigenvalue weighted by molar-refractivity contribution is -0.134. The molecule has 0 aromatic heterocycles. The van der Waals surface area contributed by atoms with Gasteiger partial charge in [0.15, 0.2) is 0 Å². The Bertz CT molecular complexity index is 444. The second-order valence-electron chi connectivity index (χ2n) is 3.03. The van der Waals surface area contributed by atoms with Crippen molar-refractivity contribution in [2.24, 2.45) is 5.10 Å². The van der Waals surface area contributed by atoms with Crippen LogP contribution in [0.2, 0.25) is 0 Å². The van der Waals surface area contributed by atoms with Gasteiger partial charge in [-0.05, 0) is 18.6 Å². The van der Waals surface area contributed by atoms with Crippen molar-refractivity contribution >= 4 is 34.5 Å². The zero-order valence-electron chi connectivity index (χ0n) is 9.44. The van der Waals surface area contributed by atoms with Gasteiger partial charge in [0.1, 0.15) is 0 Å². The lowest BCUT2D eigenvalue weighted by atomic mass is 10.2. The highest BCUT2D eigenvalue weighted by Crippen LogP contribution is 2.15. The number of esters is 1. The molecule has 0 aliphatic carbocycles. The fourth-order valence-electron chi connectivity index (χ4n) is 1.12. The normalized spacial score (nSPS) is 10.8. The smallest absolute Gasteiger partial charge is 0.370 e. The zero-order chi connectivity index (χ0) is 12.7. The van der Waals surface area contributed by atoms with E-state index in [9.17, 15) is 4.79 Å². The van der Waals surface area contributed by atoms with Crippen molar-refractivity contribution in [2.75, 3.05) is 12.0 Å². The van der Waals surface area contributed by atoms with Crippen LogP contribution in [0.3, 0.4) is 0 Å². The third-order valence-electron chi connectivity index (χ3n) is 1.90. The van der Waals surface area contributed by atoms with Crippen molar-refractivity contribution in [1.82, 2.24) is 0 Å². The predicted molar refractivity (Wildman–Crippen MR) is 70.1 cm³/mol. The molecule has 5 heteroatoms. The number of hydrazone groups is 1. The van der Waals surface area contributed by atoms with Crippen molar-refractivity contribution < 1.29 is 9.53 Å². The van der Waals surface area contributed by atoms with Crippen LogP contribution >= 0.6 is 11.6 Å². The van der Waals surface area contributed by atoms with Gasteiger partial charge in [0.2, 0.25) is 5.17 Å². The summed E-state index contributed by atoms with van der Waals surface area (Å²) < 4.78 is 4.69. The molecule has 1 N–H and O–H groups in total. The van der Waals surface area contributed by atoms with Crippen LogP contribution in [0.1, 0.15) is 12.5 Å². The van der Waals surface area contributed by atoms with E-state index in [-0.39, 0.29) is 11.8 Å². The average Bonchev–Trinajstić information content (AvgIpc) is 2.36. The molecule has 0 heterocycles. The first-order valence-electron chi connectivity index (χ1n) is 5.06. The zero-order valence-corrected chi connectivity index (χ0v) is 10.2. The van der Waals surface area contributed by atoms with Gasteiger partial charge in [0, 0.05) is 0 Å². The maximum atomic E-state index is 11.2. The molecule has 1 aromatic rings. The molecule has 0 saturated carbocycles. The topological polar surface area (TPSA) is 50.7 Å². The number of nitrogens with one attached hydrogen (secondary N) is 1. The Morgan fingerprint density at radius 2 is 2.29 bits per heavy atom. The van der Waals surface area contributed by atoms with Crippen LogP contribution in [0, 0.1) is 0 Å². The number of anilines is 1. The maximum Gasteiger partial charge on any atom is 0.370 e. The Kier molecular flexibility index (Phi) is 5.23. The van der Waals surface area contributed by atoms with E-state index in [4.69, 9.17) is 11.6 Å². The first-order valence-corrected chi connectivity index (χ1v) is 5.44. The minimum absolute atomic E-state index is 0.245. The number of carbonyl (C=O) groups is 1. The van der Waals surface area contributed by atoms with E-state index in [1.165, 1.54) is 0 Å². The molecule has 0 radical (unpaired) electrons. The molecule has 1 aromatic carbocycles. The van der Waals surface area contributed by atoms with Gasteiger partial charge in [-0.25, -0.2) is 4.79 Å². The Labute approximate surface area is 105 Å². The van der Waals surface area contributed by atoms with Gasteiger partial charge in [-0.15, -0.1) is 0 Å². The molecule has 0 unspecified atom stereocenters. The summed E-state index contributed by atoms with van der Waals surface area (Å²) in [6, 6.07) is 7.38. The number of para-hydroxylation sites is 1. The van der Waals surface area contributed by atoms with Gasteiger partial charge >= 0.3 is 5.97 Å². The van der Waals surface area contributed by atoms with Crippen molar-refractivity contribution in [3.8, 4) is 0 Å². The second-order valence-corrected chi connectivity index (χ2v) is 3.38. The summed E-state index contributed by atoms with van der Waals surface area (Å²) in [7, 11) is 0. The summed E-state index contributed by atoms with van der Waals surface area (Å²) in [6.45, 7) is 5.62. The molecule has 0 spiro atoms. The summed E-state index contributed by atoms with van der Waals surface area (Å²) in [5.74, 6) is -0.655. The van der Waals surface area contributed by atoms with Crippen LogP contribution in [-0.4, -0.2) is 17.7 Å². The Balaban J connectivity index is 2.75. The quantitative estimate of drug-likeness (QED) is 0.498. The van der Waals surface area contributed by atoms with E-state index < -0.39 is 5.97 Å². The summed E-state index contributed by atoms with van der Waals surface area (Å²) >= 11 is 5.64. The number of rotatable bonds is 5. The molecule has 1 rings (SSSR count). The molecule has 0 bridgehead atoms. The monoisotopic (exact) mass is 252 g/mol. The first kappa shape index (κ1) is 13.3. The summed E-state index contributed by atoms with van der Waals surface area (Å²) in [6.07, 6.45) is 1.68. The number of ether oxygens (including phenoxy) is 1. The van der Waals surface area contributed by atoms with Crippen molar-refractivity contribution in [3.63, 3.8) is 0 Å². The lowest BCUT2D eigenvalue weighted by Gasteiger charge is -2.05. The SMILES string of the molecule is C=Cc1ccccc1NN=C(Cl)C(=O)OCC. The van der Waals surface area contributed by atoms with Crippen LogP contribution < -0.4 is 5.43 Å². The lowest BCUT2D eigenvalue weighted by Crippen LogP contribution is -2.13. The maximum absolute atomic E-state index is 11.2. The highest BCUT2D eigenvalue weighted by Gasteiger charge is 2.08. The largest absolute Gasteiger partial charge is 0.461 e. The molecule has 17 heavy (non-hydrogen) atoms. The highest BCUT2D eigenvalue weighted by atomic mass is 35.5. The second kappa shape index (κ2) is 6.70. The Morgan fingerprint density at radius 1 is 1.59 bits per heavy atom. The standard InChI is InChI=1S/C12H13ClN2O2/c1-3-9-7-5-6-8-10(9)14-15-11(13)12(16)17-4-2/h3,5-8,14H,1,4H2,2H3. The minimum Gasteiger partial charge on any atom is -0.461 e. The van der Waals surface area contributed by atoms with Gasteiger partial charge in [-0.2, -0.15) is 5.10 Å². The highest BCUT2D eigenvalue weighted by molar-refractivity contribution is 6.82. The Morgan fingerprint density at radius 3 is 2.94 bits per heavy atom. The molecular formula is C12H13ClN2O2. The first-order chi connectivity index (χ1) is 8.19. The van der Waals surface area contributed by atoms with E-state index in [0.29, 0.717) is 5.69 Å². The van der Waals surface area contributed by atoms with Gasteiger partial charge in [-0.1, -0.05) is 42.5 Å². The van der Waals surface area contributed by atoms with Gasteiger partial charge in [0.05, 0.1) is 12.3 Å². The molecule has 0 fully saturated rings. The fraction of sp³-hybridized carbons (Fsp3) is 0.167. The molecular weight excluding hydrogens is 240 g/mol. The number of carbonyl (C=O) groups excluding carboxylic acids is 1. The fourth-order valence-corrected chi connectivity index (χ4v) is 1.22. The summed E-state index contributed by atoms with van der Waals surface area (Å²) in [5.41, 5.74) is 4.27. The number of benzene rings is 1. The molecule has 0 atom stereocenters. The van der Waals surface area contributed by atoms with Crippen molar-refractivity contribution in [3.05, 3.63) is 36.4 Å². The van der Waals surface area contributed by atoms with Crippen molar-refractivity contribution in [1.29, 1.82) is 0 Å². The number of hydrogen-bond acceptors (Lipinski definition) is 4. The summed E-state index contributed by atoms with van der Waals surface area (Å²) in [4.78, 5) is 11.2. The van der Waals surface area contributed by atoms with Crippen LogP contribution in [0.5, 0.6) is 0 Å². The van der Waals surface area contributed by atoms with Crippen molar-refractivity contribution in [2.45, 2.75) is 6.92 Å². The van der Waals surface area contributed by atoms with E-state index >= 15 is 0 Å². The molecule has 0 aliphatic heterocycles. The number of halogens is 1. The minimum atomic E-state index is -0.655. The molecule has 0 saturated heterocycles. The third-order valence-corrected chi connectivity index (χ3v) is 2.14. The molecule has 0 amide bonds. The van der Waals surface area contributed by atoms with E-state index in [1.54, 1.807) is 19.1 Å². The number of hydrogen-bond donors (Lipinski definition) is 1. The van der Waals surface area contributed by atoms with Crippen LogP contribution in [0.25, 0.3) is 6.08 Å². The molecule has 4 nitrogen and oxygen atoms in total. The molecule has 0 aliphatic rings. The van der Waals surface area contributed by atoms with Crippen LogP contribution in [-0.2, 0) is 9.53 Å². The molecule has 90 valence electrons. The average molecular weight is 253 g/mol. The number of nitrogens with zero attached hydrogens (tertiary/aromatic N) is 1. The van der Waals surface area contributed by atoms with E-state index in [1.807, 2.05) is 18.2 Å². The van der Waals surface area contributed by atoms with Gasteiger partial charge < -0.3 is 4.74 Å². The predicted octanol–water partition coefficient (Wildman–Crippen LogP) is 2.86. The van der Waals surface area contributed by atoms with Crippen LogP contribution in [0.15, 0.2) is 35.9 Å². The van der Waals surface area contributed by atoms with E-state index in [0.717, 1.165) is 5.56 Å². The third kappa shape index (κ3) is 3.92. The summed E-state index contributed by atoms with van der Waals surface area (Å²) in [5, 5.41) is 3.49.